The molecule has 6 nitrogen and oxygen atoms in total. The zero-order valence-electron chi connectivity index (χ0n) is 19.8. The Bertz CT molecular complexity index is 1340. The van der Waals surface area contributed by atoms with Crippen molar-refractivity contribution in [2.45, 2.75) is 32.7 Å². The number of anilines is 1. The van der Waals surface area contributed by atoms with E-state index >= 15 is 0 Å². The van der Waals surface area contributed by atoms with E-state index in [9.17, 15) is 4.79 Å². The van der Waals surface area contributed by atoms with Crippen LogP contribution in [0.3, 0.4) is 0 Å². The quantitative estimate of drug-likeness (QED) is 0.381. The lowest BCUT2D eigenvalue weighted by Crippen LogP contribution is -2.24. The van der Waals surface area contributed by atoms with Gasteiger partial charge in [-0.15, -0.1) is 0 Å². The summed E-state index contributed by atoms with van der Waals surface area (Å²) in [6.07, 6.45) is 0.448. The second-order valence-electron chi connectivity index (χ2n) is 8.78. The van der Waals surface area contributed by atoms with Gasteiger partial charge in [0.2, 0.25) is 5.91 Å². The van der Waals surface area contributed by atoms with Crippen LogP contribution in [-0.4, -0.2) is 35.7 Å². The first kappa shape index (κ1) is 22.0. The number of amides is 1. The largest absolute Gasteiger partial charge is 0.493 e. The molecule has 2 heterocycles. The normalized spacial score (nSPS) is 15.8. The van der Waals surface area contributed by atoms with Crippen molar-refractivity contribution in [3.8, 4) is 11.5 Å². The number of aromatic nitrogens is 2. The fraction of sp³-hybridized carbons (Fsp3) is 0.286. The van der Waals surface area contributed by atoms with E-state index in [2.05, 4.69) is 36.6 Å². The van der Waals surface area contributed by atoms with Gasteiger partial charge < -0.3 is 18.9 Å². The molecule has 1 fully saturated rings. The van der Waals surface area contributed by atoms with E-state index in [1.54, 1.807) is 7.11 Å². The second-order valence-corrected chi connectivity index (χ2v) is 8.78. The van der Waals surface area contributed by atoms with Gasteiger partial charge in [0.15, 0.2) is 11.5 Å². The number of para-hydroxylation sites is 4. The molecule has 0 unspecified atom stereocenters. The SMILES string of the molecule is COc1ccccc1OCCn1c([C@@H]2CC(=O)N(c3ccc(C)c(C)c3)C2)nc2ccccc21. The average molecular weight is 456 g/mol. The molecule has 0 N–H and O–H groups in total. The summed E-state index contributed by atoms with van der Waals surface area (Å²) < 4.78 is 13.7. The van der Waals surface area contributed by atoms with Gasteiger partial charge in [-0.25, -0.2) is 4.98 Å². The number of imidazole rings is 1. The lowest BCUT2D eigenvalue weighted by molar-refractivity contribution is -0.117. The van der Waals surface area contributed by atoms with Crippen molar-refractivity contribution in [2.24, 2.45) is 0 Å². The highest BCUT2D eigenvalue weighted by atomic mass is 16.5. The first-order valence-corrected chi connectivity index (χ1v) is 11.6. The van der Waals surface area contributed by atoms with E-state index in [1.165, 1.54) is 11.1 Å². The molecule has 0 spiro atoms. The Labute approximate surface area is 199 Å². The highest BCUT2D eigenvalue weighted by molar-refractivity contribution is 5.96. The number of carbonyl (C=O) groups excluding carboxylic acids is 1. The van der Waals surface area contributed by atoms with Gasteiger partial charge in [-0.05, 0) is 61.4 Å². The van der Waals surface area contributed by atoms with Crippen molar-refractivity contribution in [3.63, 3.8) is 0 Å². The number of aryl methyl sites for hydroxylation is 2. The van der Waals surface area contributed by atoms with Crippen LogP contribution in [0.5, 0.6) is 11.5 Å². The topological polar surface area (TPSA) is 56.6 Å². The third-order valence-electron chi connectivity index (χ3n) is 6.62. The smallest absolute Gasteiger partial charge is 0.227 e. The molecule has 0 bridgehead atoms. The van der Waals surface area contributed by atoms with Gasteiger partial charge in [0, 0.05) is 24.6 Å². The summed E-state index contributed by atoms with van der Waals surface area (Å²) in [4.78, 5) is 19.8. The van der Waals surface area contributed by atoms with Crippen LogP contribution in [0, 0.1) is 13.8 Å². The van der Waals surface area contributed by atoms with E-state index in [4.69, 9.17) is 14.5 Å². The molecule has 4 aromatic rings. The minimum Gasteiger partial charge on any atom is -0.493 e. The van der Waals surface area contributed by atoms with Gasteiger partial charge in [0.25, 0.3) is 0 Å². The Hall–Kier alpha value is -3.80. The molecule has 3 aromatic carbocycles. The maximum absolute atomic E-state index is 13.0. The molecule has 1 saturated heterocycles. The molecule has 34 heavy (non-hydrogen) atoms. The standard InChI is InChI=1S/C28H29N3O3/c1-19-12-13-22(16-20(19)2)31-18-21(17-27(31)32)28-29-23-8-4-5-9-24(23)30(28)14-15-34-26-11-7-6-10-25(26)33-3/h4-13,16,21H,14-15,17-18H2,1-3H3/t21-/m1/s1. The zero-order chi connectivity index (χ0) is 23.7. The Morgan fingerprint density at radius 2 is 1.74 bits per heavy atom. The monoisotopic (exact) mass is 455 g/mol. The highest BCUT2D eigenvalue weighted by Crippen LogP contribution is 2.34. The minimum absolute atomic E-state index is 0.0211. The summed E-state index contributed by atoms with van der Waals surface area (Å²) in [6.45, 7) is 5.89. The second kappa shape index (κ2) is 9.21. The molecule has 5 rings (SSSR count). The number of ether oxygens (including phenoxy) is 2. The van der Waals surface area contributed by atoms with Crippen molar-refractivity contribution in [2.75, 3.05) is 25.2 Å². The molecule has 0 radical (unpaired) electrons. The van der Waals surface area contributed by atoms with E-state index in [-0.39, 0.29) is 11.8 Å². The van der Waals surface area contributed by atoms with E-state index in [0.29, 0.717) is 37.6 Å². The van der Waals surface area contributed by atoms with E-state index in [0.717, 1.165) is 22.5 Å². The molecule has 6 heteroatoms. The van der Waals surface area contributed by atoms with Crippen LogP contribution >= 0.6 is 0 Å². The third kappa shape index (κ3) is 4.12. The van der Waals surface area contributed by atoms with Crippen LogP contribution in [0.25, 0.3) is 11.0 Å². The van der Waals surface area contributed by atoms with Gasteiger partial charge in [-0.1, -0.05) is 30.3 Å². The molecule has 1 atom stereocenters. The predicted octanol–water partition coefficient (Wildman–Crippen LogP) is 5.26. The molecular weight excluding hydrogens is 426 g/mol. The summed E-state index contributed by atoms with van der Waals surface area (Å²) >= 11 is 0. The minimum atomic E-state index is 0.0211. The van der Waals surface area contributed by atoms with E-state index in [1.807, 2.05) is 53.4 Å². The molecule has 0 saturated carbocycles. The molecule has 174 valence electrons. The van der Waals surface area contributed by atoms with Crippen LogP contribution in [0.2, 0.25) is 0 Å². The summed E-state index contributed by atoms with van der Waals surface area (Å²) in [5, 5.41) is 0. The average Bonchev–Trinajstić information content (AvgIpc) is 3.42. The molecule has 1 aromatic heterocycles. The summed E-state index contributed by atoms with van der Waals surface area (Å²) in [7, 11) is 1.64. The Morgan fingerprint density at radius 3 is 2.53 bits per heavy atom. The predicted molar refractivity (Wildman–Crippen MR) is 134 cm³/mol. The lowest BCUT2D eigenvalue weighted by Gasteiger charge is -2.19. The first-order valence-electron chi connectivity index (χ1n) is 11.6. The first-order chi connectivity index (χ1) is 16.5. The fourth-order valence-electron chi connectivity index (χ4n) is 4.65. The van der Waals surface area contributed by atoms with Gasteiger partial charge in [0.1, 0.15) is 12.4 Å². The van der Waals surface area contributed by atoms with Crippen LogP contribution in [0.1, 0.15) is 29.3 Å². The van der Waals surface area contributed by atoms with Crippen molar-refractivity contribution in [3.05, 3.63) is 83.7 Å². The molecule has 1 amide bonds. The number of methoxy groups -OCH3 is 1. The number of nitrogens with zero attached hydrogens (tertiary/aromatic N) is 3. The van der Waals surface area contributed by atoms with E-state index < -0.39 is 0 Å². The number of rotatable bonds is 7. The molecular formula is C28H29N3O3. The van der Waals surface area contributed by atoms with Gasteiger partial charge >= 0.3 is 0 Å². The maximum atomic E-state index is 13.0. The Kier molecular flexibility index (Phi) is 5.97. The van der Waals surface area contributed by atoms with Crippen molar-refractivity contribution < 1.29 is 14.3 Å². The maximum Gasteiger partial charge on any atom is 0.227 e. The summed E-state index contributed by atoms with van der Waals surface area (Å²) in [5.41, 5.74) is 5.36. The van der Waals surface area contributed by atoms with Gasteiger partial charge in [0.05, 0.1) is 24.7 Å². The van der Waals surface area contributed by atoms with Crippen LogP contribution < -0.4 is 14.4 Å². The number of fused-ring (bicyclic) bond motifs is 1. The van der Waals surface area contributed by atoms with Gasteiger partial charge in [-0.3, -0.25) is 4.79 Å². The number of benzene rings is 3. The third-order valence-corrected chi connectivity index (χ3v) is 6.62. The highest BCUT2D eigenvalue weighted by Gasteiger charge is 2.35. The van der Waals surface area contributed by atoms with Crippen LogP contribution in [0.15, 0.2) is 66.7 Å². The fourth-order valence-corrected chi connectivity index (χ4v) is 4.65. The van der Waals surface area contributed by atoms with Crippen LogP contribution in [-0.2, 0) is 11.3 Å². The molecule has 1 aliphatic heterocycles. The van der Waals surface area contributed by atoms with Gasteiger partial charge in [-0.2, -0.15) is 0 Å². The number of carbonyl (C=O) groups is 1. The van der Waals surface area contributed by atoms with Crippen LogP contribution in [0.4, 0.5) is 5.69 Å². The lowest BCUT2D eigenvalue weighted by atomic mass is 10.1. The van der Waals surface area contributed by atoms with Crippen molar-refractivity contribution >= 4 is 22.6 Å². The summed E-state index contributed by atoms with van der Waals surface area (Å²) in [6, 6.07) is 22.0. The number of hydrogen-bond acceptors (Lipinski definition) is 4. The summed E-state index contributed by atoms with van der Waals surface area (Å²) in [5.74, 6) is 2.52. The Morgan fingerprint density at radius 1 is 0.971 bits per heavy atom. The Balaban J connectivity index is 1.40. The van der Waals surface area contributed by atoms with Crippen molar-refractivity contribution in [1.82, 2.24) is 9.55 Å². The molecule has 1 aliphatic rings. The molecule has 0 aliphatic carbocycles. The zero-order valence-corrected chi connectivity index (χ0v) is 19.8. The van der Waals surface area contributed by atoms with Crippen molar-refractivity contribution in [1.29, 1.82) is 0 Å². The number of hydrogen-bond donors (Lipinski definition) is 0.